The summed E-state index contributed by atoms with van der Waals surface area (Å²) in [4.78, 5) is 19.8. The summed E-state index contributed by atoms with van der Waals surface area (Å²) in [6.07, 6.45) is 7.28. The maximum absolute atomic E-state index is 11.6. The van der Waals surface area contributed by atoms with E-state index in [0.29, 0.717) is 18.7 Å². The molecule has 0 spiro atoms. The van der Waals surface area contributed by atoms with E-state index in [0.717, 1.165) is 12.4 Å². The van der Waals surface area contributed by atoms with E-state index in [1.807, 2.05) is 25.3 Å². The molecule has 0 aliphatic carbocycles. The first-order chi connectivity index (χ1) is 9.29. The Labute approximate surface area is 111 Å². The standard InChI is InChI=1S/C13H17N5O/c1-2-14-6-5-13(19)17-11-3-4-12(16-9-11)18-8-7-15-10-18/h3-4,7-10,14H,2,5-6H2,1H3,(H,17,19). The van der Waals surface area contributed by atoms with Crippen molar-refractivity contribution in [2.24, 2.45) is 0 Å². The molecule has 0 unspecified atom stereocenters. The summed E-state index contributed by atoms with van der Waals surface area (Å²) in [5, 5.41) is 5.91. The molecule has 0 radical (unpaired) electrons. The molecule has 19 heavy (non-hydrogen) atoms. The van der Waals surface area contributed by atoms with Gasteiger partial charge in [-0.15, -0.1) is 0 Å². The molecule has 2 aromatic rings. The molecule has 0 aliphatic rings. The van der Waals surface area contributed by atoms with E-state index in [2.05, 4.69) is 20.6 Å². The molecule has 2 heterocycles. The molecule has 0 fully saturated rings. The van der Waals surface area contributed by atoms with Crippen molar-refractivity contribution >= 4 is 11.6 Å². The summed E-state index contributed by atoms with van der Waals surface area (Å²) >= 11 is 0. The van der Waals surface area contributed by atoms with Gasteiger partial charge in [-0.1, -0.05) is 6.92 Å². The van der Waals surface area contributed by atoms with Gasteiger partial charge in [-0.05, 0) is 18.7 Å². The van der Waals surface area contributed by atoms with Gasteiger partial charge in [-0.3, -0.25) is 9.36 Å². The maximum Gasteiger partial charge on any atom is 0.225 e. The minimum atomic E-state index is -0.0156. The number of anilines is 1. The Morgan fingerprint density at radius 3 is 2.95 bits per heavy atom. The predicted octanol–water partition coefficient (Wildman–Crippen LogP) is 1.21. The smallest absolute Gasteiger partial charge is 0.225 e. The Morgan fingerprint density at radius 2 is 2.32 bits per heavy atom. The molecule has 0 aliphatic heterocycles. The van der Waals surface area contributed by atoms with Crippen LogP contribution in [0.25, 0.3) is 5.82 Å². The Morgan fingerprint density at radius 1 is 1.42 bits per heavy atom. The number of carbonyl (C=O) groups excluding carboxylic acids is 1. The van der Waals surface area contributed by atoms with Crippen molar-refractivity contribution in [3.63, 3.8) is 0 Å². The van der Waals surface area contributed by atoms with Crippen LogP contribution in [0, 0.1) is 0 Å². The number of nitrogens with zero attached hydrogens (tertiary/aromatic N) is 3. The molecule has 6 nitrogen and oxygen atoms in total. The van der Waals surface area contributed by atoms with Crippen LogP contribution in [0.15, 0.2) is 37.1 Å². The Balaban J connectivity index is 1.90. The predicted molar refractivity (Wildman–Crippen MR) is 73.1 cm³/mol. The van der Waals surface area contributed by atoms with Crippen LogP contribution in [0.4, 0.5) is 5.69 Å². The van der Waals surface area contributed by atoms with Crippen molar-refractivity contribution in [3.05, 3.63) is 37.1 Å². The third-order valence-electron chi connectivity index (χ3n) is 2.58. The lowest BCUT2D eigenvalue weighted by Crippen LogP contribution is -2.21. The fourth-order valence-corrected chi connectivity index (χ4v) is 1.61. The summed E-state index contributed by atoms with van der Waals surface area (Å²) in [6, 6.07) is 3.66. The van der Waals surface area contributed by atoms with Gasteiger partial charge in [0.15, 0.2) is 0 Å². The number of hydrogen-bond acceptors (Lipinski definition) is 4. The quantitative estimate of drug-likeness (QED) is 0.765. The molecule has 0 saturated carbocycles. The van der Waals surface area contributed by atoms with E-state index in [1.54, 1.807) is 23.3 Å². The van der Waals surface area contributed by atoms with Crippen LogP contribution in [-0.4, -0.2) is 33.5 Å². The van der Waals surface area contributed by atoms with Gasteiger partial charge < -0.3 is 10.6 Å². The summed E-state index contributed by atoms with van der Waals surface area (Å²) in [7, 11) is 0. The fraction of sp³-hybridized carbons (Fsp3) is 0.308. The first-order valence-corrected chi connectivity index (χ1v) is 6.24. The van der Waals surface area contributed by atoms with E-state index >= 15 is 0 Å². The van der Waals surface area contributed by atoms with E-state index in [4.69, 9.17) is 0 Å². The van der Waals surface area contributed by atoms with Crippen LogP contribution in [0.1, 0.15) is 13.3 Å². The number of imidazole rings is 1. The van der Waals surface area contributed by atoms with Gasteiger partial charge in [-0.25, -0.2) is 9.97 Å². The lowest BCUT2D eigenvalue weighted by atomic mass is 10.3. The van der Waals surface area contributed by atoms with Crippen LogP contribution >= 0.6 is 0 Å². The first kappa shape index (κ1) is 13.2. The number of nitrogens with one attached hydrogen (secondary N) is 2. The monoisotopic (exact) mass is 259 g/mol. The van der Waals surface area contributed by atoms with Gasteiger partial charge in [0.1, 0.15) is 12.1 Å². The third kappa shape index (κ3) is 3.89. The molecule has 6 heteroatoms. The highest BCUT2D eigenvalue weighted by Gasteiger charge is 2.03. The van der Waals surface area contributed by atoms with E-state index in [1.165, 1.54) is 0 Å². The second-order valence-corrected chi connectivity index (χ2v) is 4.03. The fourth-order valence-electron chi connectivity index (χ4n) is 1.61. The molecule has 2 N–H and O–H groups in total. The lowest BCUT2D eigenvalue weighted by molar-refractivity contribution is -0.116. The largest absolute Gasteiger partial charge is 0.325 e. The van der Waals surface area contributed by atoms with Gasteiger partial charge in [0.25, 0.3) is 0 Å². The summed E-state index contributed by atoms with van der Waals surface area (Å²) < 4.78 is 1.80. The second kappa shape index (κ2) is 6.65. The minimum absolute atomic E-state index is 0.0156. The Kier molecular flexibility index (Phi) is 4.63. The van der Waals surface area contributed by atoms with E-state index in [-0.39, 0.29) is 5.91 Å². The number of amides is 1. The molecule has 1 amide bonds. The van der Waals surface area contributed by atoms with Crippen molar-refractivity contribution in [2.75, 3.05) is 18.4 Å². The summed E-state index contributed by atoms with van der Waals surface area (Å²) in [5.74, 6) is 0.751. The van der Waals surface area contributed by atoms with Crippen LogP contribution in [0.2, 0.25) is 0 Å². The molecule has 0 atom stereocenters. The number of carbonyl (C=O) groups is 1. The molecule has 0 aromatic carbocycles. The Hall–Kier alpha value is -2.21. The third-order valence-corrected chi connectivity index (χ3v) is 2.58. The number of pyridine rings is 1. The Bertz CT molecular complexity index is 506. The zero-order chi connectivity index (χ0) is 13.5. The second-order valence-electron chi connectivity index (χ2n) is 4.03. The molecule has 0 saturated heterocycles. The highest BCUT2D eigenvalue weighted by molar-refractivity contribution is 5.90. The average molecular weight is 259 g/mol. The van der Waals surface area contributed by atoms with Crippen LogP contribution in [0.5, 0.6) is 0 Å². The number of aromatic nitrogens is 3. The lowest BCUT2D eigenvalue weighted by Gasteiger charge is -2.06. The average Bonchev–Trinajstić information content (AvgIpc) is 2.94. The van der Waals surface area contributed by atoms with Crippen LogP contribution in [-0.2, 0) is 4.79 Å². The highest BCUT2D eigenvalue weighted by Crippen LogP contribution is 2.09. The summed E-state index contributed by atoms with van der Waals surface area (Å²) in [6.45, 7) is 3.56. The normalized spacial score (nSPS) is 10.4. The number of hydrogen-bond donors (Lipinski definition) is 2. The maximum atomic E-state index is 11.6. The summed E-state index contributed by atoms with van der Waals surface area (Å²) in [5.41, 5.74) is 0.699. The van der Waals surface area contributed by atoms with Gasteiger partial charge in [0.05, 0.1) is 11.9 Å². The SMILES string of the molecule is CCNCCC(=O)Nc1ccc(-n2ccnc2)nc1. The van der Waals surface area contributed by atoms with Gasteiger partial charge in [0, 0.05) is 25.4 Å². The zero-order valence-corrected chi connectivity index (χ0v) is 10.8. The molecule has 2 aromatic heterocycles. The topological polar surface area (TPSA) is 71.8 Å². The van der Waals surface area contributed by atoms with Crippen LogP contribution < -0.4 is 10.6 Å². The molecular weight excluding hydrogens is 242 g/mol. The molecular formula is C13H17N5O. The highest BCUT2D eigenvalue weighted by atomic mass is 16.1. The van der Waals surface area contributed by atoms with Crippen molar-refractivity contribution in [1.82, 2.24) is 19.9 Å². The molecule has 0 bridgehead atoms. The van der Waals surface area contributed by atoms with Crippen molar-refractivity contribution in [2.45, 2.75) is 13.3 Å². The molecule has 100 valence electrons. The van der Waals surface area contributed by atoms with Gasteiger partial charge in [0.2, 0.25) is 5.91 Å². The van der Waals surface area contributed by atoms with Gasteiger partial charge >= 0.3 is 0 Å². The first-order valence-electron chi connectivity index (χ1n) is 6.24. The zero-order valence-electron chi connectivity index (χ0n) is 10.8. The minimum Gasteiger partial charge on any atom is -0.325 e. The van der Waals surface area contributed by atoms with Crippen molar-refractivity contribution < 1.29 is 4.79 Å². The number of rotatable bonds is 6. The van der Waals surface area contributed by atoms with E-state index in [9.17, 15) is 4.79 Å². The van der Waals surface area contributed by atoms with Crippen LogP contribution in [0.3, 0.4) is 0 Å². The van der Waals surface area contributed by atoms with Crippen molar-refractivity contribution in [1.29, 1.82) is 0 Å². The molecule has 2 rings (SSSR count). The van der Waals surface area contributed by atoms with Gasteiger partial charge in [-0.2, -0.15) is 0 Å². The van der Waals surface area contributed by atoms with E-state index < -0.39 is 0 Å². The van der Waals surface area contributed by atoms with Crippen molar-refractivity contribution in [3.8, 4) is 5.82 Å².